The Labute approximate surface area is 113 Å². The fraction of sp³-hybridized carbons (Fsp3) is 0.273. The lowest BCUT2D eigenvalue weighted by atomic mass is 10.4. The number of carbonyl (C=O) groups excluding carboxylic acids is 1. The third-order valence-electron chi connectivity index (χ3n) is 2.39. The summed E-state index contributed by atoms with van der Waals surface area (Å²) in [5, 5.41) is 21.2. The van der Waals surface area contributed by atoms with Crippen LogP contribution in [0.25, 0.3) is 0 Å². The van der Waals surface area contributed by atoms with Crippen molar-refractivity contribution in [3.8, 4) is 0 Å². The lowest BCUT2D eigenvalue weighted by Gasteiger charge is -2.06. The molecule has 2 aromatic heterocycles. The minimum atomic E-state index is -1.14. The Morgan fingerprint density at radius 3 is 2.85 bits per heavy atom. The molecule has 0 saturated heterocycles. The van der Waals surface area contributed by atoms with Crippen LogP contribution in [0.1, 0.15) is 16.3 Å². The monoisotopic (exact) mass is 279 g/mol. The highest BCUT2D eigenvalue weighted by Crippen LogP contribution is 2.07. The van der Waals surface area contributed by atoms with Gasteiger partial charge in [-0.15, -0.1) is 5.10 Å². The number of aromatic carboxylic acids is 1. The molecule has 0 atom stereocenters. The van der Waals surface area contributed by atoms with Crippen LogP contribution in [0.4, 0.5) is 4.79 Å². The van der Waals surface area contributed by atoms with E-state index in [1.807, 2.05) is 0 Å². The molecule has 0 unspecified atom stereocenters. The second-order valence-electron chi connectivity index (χ2n) is 3.85. The number of hydrogen-bond acceptors (Lipinski definition) is 5. The molecular formula is C11H13N5O4. The number of nitrogens with one attached hydrogen (secondary N) is 2. The van der Waals surface area contributed by atoms with Crippen molar-refractivity contribution in [1.82, 2.24) is 25.6 Å². The van der Waals surface area contributed by atoms with Crippen LogP contribution in [0.5, 0.6) is 0 Å². The molecule has 20 heavy (non-hydrogen) atoms. The number of nitrogens with zero attached hydrogens (tertiary/aromatic N) is 3. The van der Waals surface area contributed by atoms with E-state index >= 15 is 0 Å². The van der Waals surface area contributed by atoms with E-state index in [0.29, 0.717) is 18.8 Å². The number of carboxylic acid groups (broad SMARTS) is 1. The summed E-state index contributed by atoms with van der Waals surface area (Å²) in [4.78, 5) is 22.1. The number of hydrogen-bond donors (Lipinski definition) is 3. The van der Waals surface area contributed by atoms with Gasteiger partial charge in [0, 0.05) is 12.7 Å². The molecule has 0 fully saturated rings. The van der Waals surface area contributed by atoms with Gasteiger partial charge in [-0.25, -0.2) is 9.59 Å². The van der Waals surface area contributed by atoms with E-state index in [1.165, 1.54) is 12.1 Å². The number of carbonyl (C=O) groups is 2. The first-order chi connectivity index (χ1) is 9.65. The lowest BCUT2D eigenvalue weighted by Crippen LogP contribution is -2.36. The van der Waals surface area contributed by atoms with E-state index in [-0.39, 0.29) is 18.3 Å². The van der Waals surface area contributed by atoms with Crippen molar-refractivity contribution in [3.05, 3.63) is 36.0 Å². The molecule has 0 aromatic carbocycles. The van der Waals surface area contributed by atoms with Gasteiger partial charge >= 0.3 is 12.0 Å². The number of carboxylic acids is 1. The summed E-state index contributed by atoms with van der Waals surface area (Å²) in [5.74, 6) is -0.934. The summed E-state index contributed by atoms with van der Waals surface area (Å²) in [6, 6.07) is 2.46. The van der Waals surface area contributed by atoms with Gasteiger partial charge in [0.2, 0.25) is 5.76 Å². The number of rotatable bonds is 6. The van der Waals surface area contributed by atoms with Crippen LogP contribution in [-0.4, -0.2) is 38.6 Å². The van der Waals surface area contributed by atoms with E-state index in [0.717, 1.165) is 0 Å². The van der Waals surface area contributed by atoms with Crippen LogP contribution in [0, 0.1) is 0 Å². The van der Waals surface area contributed by atoms with Crippen molar-refractivity contribution < 1.29 is 19.1 Å². The lowest BCUT2D eigenvalue weighted by molar-refractivity contribution is 0.0660. The smallest absolute Gasteiger partial charge is 0.371 e. The molecule has 0 spiro atoms. The predicted octanol–water partition coefficient (Wildman–Crippen LogP) is 0.0687. The maximum atomic E-state index is 11.5. The zero-order valence-electron chi connectivity index (χ0n) is 10.4. The van der Waals surface area contributed by atoms with Crippen LogP contribution < -0.4 is 10.6 Å². The zero-order chi connectivity index (χ0) is 14.4. The summed E-state index contributed by atoms with van der Waals surface area (Å²) >= 11 is 0. The Kier molecular flexibility index (Phi) is 4.32. The molecule has 0 aliphatic carbocycles. The summed E-state index contributed by atoms with van der Waals surface area (Å²) in [6.07, 6.45) is 3.24. The van der Waals surface area contributed by atoms with E-state index in [2.05, 4.69) is 20.9 Å². The van der Waals surface area contributed by atoms with Gasteiger partial charge in [0.25, 0.3) is 0 Å². The second-order valence-corrected chi connectivity index (χ2v) is 3.85. The fourth-order valence-electron chi connectivity index (χ4n) is 1.45. The molecule has 2 rings (SSSR count). The Balaban J connectivity index is 1.67. The first-order valence-electron chi connectivity index (χ1n) is 5.83. The van der Waals surface area contributed by atoms with Gasteiger partial charge in [0.15, 0.2) is 0 Å². The van der Waals surface area contributed by atoms with Crippen LogP contribution in [0.3, 0.4) is 0 Å². The number of furan rings is 1. The highest BCUT2D eigenvalue weighted by atomic mass is 16.4. The van der Waals surface area contributed by atoms with Gasteiger partial charge in [-0.3, -0.25) is 4.68 Å². The average Bonchev–Trinajstić information content (AvgIpc) is 3.07. The molecule has 9 heteroatoms. The Morgan fingerprint density at radius 1 is 1.35 bits per heavy atom. The molecule has 2 aromatic rings. The Hall–Kier alpha value is -2.84. The van der Waals surface area contributed by atoms with Crippen LogP contribution in [-0.2, 0) is 13.1 Å². The van der Waals surface area contributed by atoms with Gasteiger partial charge in [-0.1, -0.05) is 5.21 Å². The molecule has 0 bridgehead atoms. The SMILES string of the molecule is O=C(NCCn1ccnn1)NCc1ccc(C(=O)O)o1. The standard InChI is InChI=1S/C11H13N5O4/c17-10(18)9-2-1-8(20-9)7-13-11(19)12-3-5-16-6-4-14-15-16/h1-2,4,6H,3,5,7H2,(H,17,18)(H2,12,13,19). The van der Waals surface area contributed by atoms with Crippen molar-refractivity contribution in [3.63, 3.8) is 0 Å². The summed E-state index contributed by atoms with van der Waals surface area (Å²) in [6.45, 7) is 1.02. The van der Waals surface area contributed by atoms with Gasteiger partial charge in [0.05, 0.1) is 19.3 Å². The van der Waals surface area contributed by atoms with Gasteiger partial charge in [-0.05, 0) is 12.1 Å². The molecule has 0 saturated carbocycles. The maximum absolute atomic E-state index is 11.5. The van der Waals surface area contributed by atoms with E-state index in [1.54, 1.807) is 17.1 Å². The highest BCUT2D eigenvalue weighted by Gasteiger charge is 2.09. The number of amides is 2. The van der Waals surface area contributed by atoms with Crippen molar-refractivity contribution in [2.45, 2.75) is 13.1 Å². The highest BCUT2D eigenvalue weighted by molar-refractivity contribution is 5.84. The molecular weight excluding hydrogens is 266 g/mol. The van der Waals surface area contributed by atoms with Crippen LogP contribution in [0.2, 0.25) is 0 Å². The molecule has 2 heterocycles. The summed E-state index contributed by atoms with van der Waals surface area (Å²) < 4.78 is 6.58. The fourth-order valence-corrected chi connectivity index (χ4v) is 1.45. The zero-order valence-corrected chi connectivity index (χ0v) is 10.4. The normalized spacial score (nSPS) is 10.2. The molecule has 0 radical (unpaired) electrons. The van der Waals surface area contributed by atoms with Crippen molar-refractivity contribution in [2.75, 3.05) is 6.54 Å². The average molecular weight is 279 g/mol. The summed E-state index contributed by atoms with van der Waals surface area (Å²) in [7, 11) is 0. The first-order valence-corrected chi connectivity index (χ1v) is 5.83. The summed E-state index contributed by atoms with van der Waals surface area (Å²) in [5.41, 5.74) is 0. The first kappa shape index (κ1) is 13.6. The van der Waals surface area contributed by atoms with Crippen molar-refractivity contribution in [1.29, 1.82) is 0 Å². The topological polar surface area (TPSA) is 122 Å². The Bertz CT molecular complexity index is 577. The molecule has 106 valence electrons. The number of urea groups is 1. The quantitative estimate of drug-likeness (QED) is 0.687. The van der Waals surface area contributed by atoms with Gasteiger partial charge in [-0.2, -0.15) is 0 Å². The second kappa shape index (κ2) is 6.36. The van der Waals surface area contributed by atoms with Crippen molar-refractivity contribution >= 4 is 12.0 Å². The third kappa shape index (κ3) is 3.83. The largest absolute Gasteiger partial charge is 0.475 e. The number of aromatic nitrogens is 3. The van der Waals surface area contributed by atoms with Crippen LogP contribution >= 0.6 is 0 Å². The minimum Gasteiger partial charge on any atom is -0.475 e. The van der Waals surface area contributed by atoms with Crippen molar-refractivity contribution in [2.24, 2.45) is 0 Å². The minimum absolute atomic E-state index is 0.114. The van der Waals surface area contributed by atoms with Crippen LogP contribution in [0.15, 0.2) is 28.9 Å². The van der Waals surface area contributed by atoms with E-state index < -0.39 is 5.97 Å². The van der Waals surface area contributed by atoms with E-state index in [9.17, 15) is 9.59 Å². The molecule has 0 aliphatic rings. The van der Waals surface area contributed by atoms with E-state index in [4.69, 9.17) is 9.52 Å². The molecule has 0 aliphatic heterocycles. The third-order valence-corrected chi connectivity index (χ3v) is 2.39. The van der Waals surface area contributed by atoms with Gasteiger partial charge in [0.1, 0.15) is 5.76 Å². The molecule has 2 amide bonds. The predicted molar refractivity (Wildman–Crippen MR) is 65.9 cm³/mol. The van der Waals surface area contributed by atoms with Gasteiger partial charge < -0.3 is 20.2 Å². The molecule has 9 nitrogen and oxygen atoms in total. The maximum Gasteiger partial charge on any atom is 0.371 e. The molecule has 3 N–H and O–H groups in total. The Morgan fingerprint density at radius 2 is 2.20 bits per heavy atom.